The van der Waals surface area contributed by atoms with Gasteiger partial charge in [0.2, 0.25) is 0 Å². The van der Waals surface area contributed by atoms with E-state index < -0.39 is 0 Å². The highest BCUT2D eigenvalue weighted by atomic mass is 16.1. The van der Waals surface area contributed by atoms with Crippen molar-refractivity contribution < 1.29 is 4.79 Å². The molecule has 0 radical (unpaired) electrons. The van der Waals surface area contributed by atoms with Gasteiger partial charge in [0.15, 0.2) is 12.0 Å². The minimum atomic E-state index is 0.348. The molecule has 0 unspecified atom stereocenters. The number of carbonyl (C=O) groups is 1. The number of aromatic nitrogens is 3. The summed E-state index contributed by atoms with van der Waals surface area (Å²) in [5.74, 6) is 0. The number of rotatable bonds is 3. The molecule has 2 aromatic carbocycles. The lowest BCUT2D eigenvalue weighted by Gasteiger charge is -2.08. The Bertz CT molecular complexity index is 788. The van der Waals surface area contributed by atoms with Crippen LogP contribution in [0.1, 0.15) is 21.6 Å². The monoisotopic (exact) mass is 277 g/mol. The molecule has 0 aliphatic rings. The lowest BCUT2D eigenvalue weighted by atomic mass is 10.1. The average molecular weight is 277 g/mol. The van der Waals surface area contributed by atoms with E-state index in [2.05, 4.69) is 10.3 Å². The van der Waals surface area contributed by atoms with E-state index in [1.807, 2.05) is 62.4 Å². The van der Waals surface area contributed by atoms with Gasteiger partial charge in [0, 0.05) is 5.56 Å². The van der Waals surface area contributed by atoms with Crippen molar-refractivity contribution in [2.75, 3.05) is 0 Å². The summed E-state index contributed by atoms with van der Waals surface area (Å²) in [6, 6.07) is 15.9. The van der Waals surface area contributed by atoms with Gasteiger partial charge in [0.25, 0.3) is 0 Å². The maximum absolute atomic E-state index is 11.3. The summed E-state index contributed by atoms with van der Waals surface area (Å²) in [6.07, 6.45) is 0.745. The molecule has 21 heavy (non-hydrogen) atoms. The van der Waals surface area contributed by atoms with E-state index >= 15 is 0 Å². The van der Waals surface area contributed by atoms with Gasteiger partial charge in [0.1, 0.15) is 5.69 Å². The number of nitrogens with zero attached hydrogens (tertiary/aromatic N) is 3. The SMILES string of the molecule is Cc1ccc(-c2c(C=O)nnn2-c2cccc(C)c2)cc1. The predicted octanol–water partition coefficient (Wildman–Crippen LogP) is 3.36. The van der Waals surface area contributed by atoms with Crippen molar-refractivity contribution in [3.63, 3.8) is 0 Å². The third kappa shape index (κ3) is 2.48. The van der Waals surface area contributed by atoms with Crippen molar-refractivity contribution >= 4 is 6.29 Å². The van der Waals surface area contributed by atoms with Crippen molar-refractivity contribution in [1.29, 1.82) is 0 Å². The Labute approximate surface area is 123 Å². The minimum Gasteiger partial charge on any atom is -0.296 e. The fourth-order valence-electron chi connectivity index (χ4n) is 2.29. The van der Waals surface area contributed by atoms with Crippen molar-refractivity contribution in [3.05, 3.63) is 65.4 Å². The zero-order valence-electron chi connectivity index (χ0n) is 11.9. The first-order valence-electron chi connectivity index (χ1n) is 6.74. The highest BCUT2D eigenvalue weighted by Crippen LogP contribution is 2.25. The summed E-state index contributed by atoms with van der Waals surface area (Å²) < 4.78 is 1.71. The van der Waals surface area contributed by atoms with E-state index in [4.69, 9.17) is 0 Å². The Hall–Kier alpha value is -2.75. The Morgan fingerprint density at radius 1 is 1.00 bits per heavy atom. The molecule has 4 heteroatoms. The van der Waals surface area contributed by atoms with Crippen LogP contribution < -0.4 is 0 Å². The summed E-state index contributed by atoms with van der Waals surface area (Å²) in [5.41, 5.74) is 5.18. The van der Waals surface area contributed by atoms with Gasteiger partial charge in [-0.25, -0.2) is 4.68 Å². The van der Waals surface area contributed by atoms with Gasteiger partial charge in [-0.2, -0.15) is 0 Å². The van der Waals surface area contributed by atoms with E-state index in [0.29, 0.717) is 5.69 Å². The van der Waals surface area contributed by atoms with Crippen LogP contribution in [0.2, 0.25) is 0 Å². The van der Waals surface area contributed by atoms with Gasteiger partial charge in [0.05, 0.1) is 5.69 Å². The maximum Gasteiger partial charge on any atom is 0.172 e. The lowest BCUT2D eigenvalue weighted by molar-refractivity contribution is 0.111. The number of carbonyl (C=O) groups excluding carboxylic acids is 1. The summed E-state index contributed by atoms with van der Waals surface area (Å²) in [6.45, 7) is 4.05. The van der Waals surface area contributed by atoms with Crippen molar-refractivity contribution in [3.8, 4) is 16.9 Å². The second-order valence-electron chi connectivity index (χ2n) is 5.06. The molecule has 0 aliphatic carbocycles. The topological polar surface area (TPSA) is 47.8 Å². The first-order chi connectivity index (χ1) is 10.2. The van der Waals surface area contributed by atoms with E-state index in [1.54, 1.807) is 4.68 Å². The highest BCUT2D eigenvalue weighted by Gasteiger charge is 2.15. The molecule has 3 rings (SSSR count). The largest absolute Gasteiger partial charge is 0.296 e. The fourth-order valence-corrected chi connectivity index (χ4v) is 2.29. The first kappa shape index (κ1) is 13.2. The van der Waals surface area contributed by atoms with Crippen LogP contribution in [0, 0.1) is 13.8 Å². The maximum atomic E-state index is 11.3. The molecule has 0 N–H and O–H groups in total. The van der Waals surface area contributed by atoms with Crippen LogP contribution in [0.25, 0.3) is 16.9 Å². The quantitative estimate of drug-likeness (QED) is 0.690. The van der Waals surface area contributed by atoms with Crippen LogP contribution >= 0.6 is 0 Å². The van der Waals surface area contributed by atoms with Crippen LogP contribution in [-0.4, -0.2) is 21.3 Å². The van der Waals surface area contributed by atoms with Crippen molar-refractivity contribution in [1.82, 2.24) is 15.0 Å². The van der Waals surface area contributed by atoms with Gasteiger partial charge >= 0.3 is 0 Å². The standard InChI is InChI=1S/C17H15N3O/c1-12-6-8-14(9-7-12)17-16(11-21)18-19-20(17)15-5-3-4-13(2)10-15/h3-11H,1-2H3. The normalized spacial score (nSPS) is 10.6. The zero-order chi connectivity index (χ0) is 14.8. The number of hydrogen-bond donors (Lipinski definition) is 0. The molecule has 4 nitrogen and oxygen atoms in total. The van der Waals surface area contributed by atoms with E-state index in [-0.39, 0.29) is 0 Å². The van der Waals surface area contributed by atoms with E-state index in [9.17, 15) is 4.79 Å². The molecule has 0 saturated heterocycles. The lowest BCUT2D eigenvalue weighted by Crippen LogP contribution is -2.00. The fraction of sp³-hybridized carbons (Fsp3) is 0.118. The molecule has 0 fully saturated rings. The van der Waals surface area contributed by atoms with Gasteiger partial charge in [-0.1, -0.05) is 47.2 Å². The molecule has 1 aromatic heterocycles. The second-order valence-corrected chi connectivity index (χ2v) is 5.06. The van der Waals surface area contributed by atoms with E-state index in [0.717, 1.165) is 28.8 Å². The average Bonchev–Trinajstić information content (AvgIpc) is 2.92. The highest BCUT2D eigenvalue weighted by molar-refractivity contribution is 5.84. The summed E-state index contributed by atoms with van der Waals surface area (Å²) >= 11 is 0. The molecule has 0 bridgehead atoms. The first-order valence-corrected chi connectivity index (χ1v) is 6.74. The summed E-state index contributed by atoms with van der Waals surface area (Å²) in [4.78, 5) is 11.3. The van der Waals surface area contributed by atoms with Crippen LogP contribution in [0.3, 0.4) is 0 Å². The minimum absolute atomic E-state index is 0.348. The Balaban J connectivity index is 2.21. The molecule has 0 atom stereocenters. The molecule has 104 valence electrons. The van der Waals surface area contributed by atoms with Gasteiger partial charge < -0.3 is 0 Å². The molecule has 0 spiro atoms. The third-order valence-electron chi connectivity index (χ3n) is 3.38. The molecule has 0 amide bonds. The van der Waals surface area contributed by atoms with Crippen molar-refractivity contribution in [2.45, 2.75) is 13.8 Å². The number of benzene rings is 2. The summed E-state index contributed by atoms with van der Waals surface area (Å²) in [7, 11) is 0. The number of aldehydes is 1. The third-order valence-corrected chi connectivity index (χ3v) is 3.38. The Morgan fingerprint density at radius 3 is 2.43 bits per heavy atom. The molecule has 0 saturated carbocycles. The number of aryl methyl sites for hydroxylation is 2. The Morgan fingerprint density at radius 2 is 1.76 bits per heavy atom. The molecule has 1 heterocycles. The molecular formula is C17H15N3O. The van der Waals surface area contributed by atoms with Gasteiger partial charge in [-0.05, 0) is 31.5 Å². The van der Waals surface area contributed by atoms with Crippen LogP contribution in [0.5, 0.6) is 0 Å². The molecular weight excluding hydrogens is 262 g/mol. The second kappa shape index (κ2) is 5.32. The predicted molar refractivity (Wildman–Crippen MR) is 81.7 cm³/mol. The summed E-state index contributed by atoms with van der Waals surface area (Å²) in [5, 5.41) is 8.12. The van der Waals surface area contributed by atoms with Gasteiger partial charge in [-0.3, -0.25) is 4.79 Å². The van der Waals surface area contributed by atoms with Crippen LogP contribution in [0.4, 0.5) is 0 Å². The smallest absolute Gasteiger partial charge is 0.172 e. The zero-order valence-corrected chi connectivity index (χ0v) is 11.9. The Kier molecular flexibility index (Phi) is 3.36. The molecule has 3 aromatic rings. The molecule has 0 aliphatic heterocycles. The van der Waals surface area contributed by atoms with Crippen molar-refractivity contribution in [2.24, 2.45) is 0 Å². The number of hydrogen-bond acceptors (Lipinski definition) is 3. The van der Waals surface area contributed by atoms with Crippen LogP contribution in [0.15, 0.2) is 48.5 Å². The van der Waals surface area contributed by atoms with Gasteiger partial charge in [-0.15, -0.1) is 5.10 Å². The van der Waals surface area contributed by atoms with E-state index in [1.165, 1.54) is 5.56 Å². The van der Waals surface area contributed by atoms with Crippen LogP contribution in [-0.2, 0) is 0 Å².